The monoisotopic (exact) mass is 321 g/mol. The van der Waals surface area contributed by atoms with Gasteiger partial charge in [-0.2, -0.15) is 0 Å². The standard InChI is InChI=1S/C11H10BrClFNO2/c12-7-2-8(14)11(17)9(3-7)15-5-6(4-13)1-10(15)16/h2-3,6,17H,1,4-5H2. The molecule has 0 bridgehead atoms. The zero-order chi connectivity index (χ0) is 12.6. The van der Waals surface area contributed by atoms with E-state index in [0.29, 0.717) is 23.3 Å². The maximum atomic E-state index is 13.4. The number of nitrogens with zero attached hydrogens (tertiary/aromatic N) is 1. The van der Waals surface area contributed by atoms with E-state index in [4.69, 9.17) is 11.6 Å². The van der Waals surface area contributed by atoms with Crippen LogP contribution in [0.5, 0.6) is 5.75 Å². The molecule has 1 aliphatic heterocycles. The predicted molar refractivity (Wildman–Crippen MR) is 66.9 cm³/mol. The van der Waals surface area contributed by atoms with Crippen LogP contribution in [0.1, 0.15) is 6.42 Å². The van der Waals surface area contributed by atoms with Gasteiger partial charge in [0.05, 0.1) is 5.69 Å². The van der Waals surface area contributed by atoms with Crippen molar-refractivity contribution in [3.05, 3.63) is 22.4 Å². The van der Waals surface area contributed by atoms with E-state index in [9.17, 15) is 14.3 Å². The van der Waals surface area contributed by atoms with Crippen molar-refractivity contribution in [3.8, 4) is 5.75 Å². The fourth-order valence-corrected chi connectivity index (χ4v) is 2.50. The number of amides is 1. The first kappa shape index (κ1) is 12.6. The molecule has 3 nitrogen and oxygen atoms in total. The zero-order valence-electron chi connectivity index (χ0n) is 8.79. The highest BCUT2D eigenvalue weighted by Crippen LogP contribution is 2.36. The number of hydrogen-bond acceptors (Lipinski definition) is 2. The van der Waals surface area contributed by atoms with Crippen LogP contribution in [-0.4, -0.2) is 23.4 Å². The highest BCUT2D eigenvalue weighted by molar-refractivity contribution is 9.10. The van der Waals surface area contributed by atoms with E-state index in [1.54, 1.807) is 0 Å². The van der Waals surface area contributed by atoms with Crippen LogP contribution >= 0.6 is 27.5 Å². The summed E-state index contributed by atoms with van der Waals surface area (Å²) < 4.78 is 13.8. The Balaban J connectivity index is 2.38. The molecule has 1 aromatic rings. The number of alkyl halides is 1. The van der Waals surface area contributed by atoms with Gasteiger partial charge in [0.25, 0.3) is 0 Å². The summed E-state index contributed by atoms with van der Waals surface area (Å²) in [6.45, 7) is 0.409. The maximum absolute atomic E-state index is 13.4. The number of anilines is 1. The number of aromatic hydroxyl groups is 1. The quantitative estimate of drug-likeness (QED) is 0.851. The zero-order valence-corrected chi connectivity index (χ0v) is 11.1. The lowest BCUT2D eigenvalue weighted by Gasteiger charge is -2.18. The van der Waals surface area contributed by atoms with Crippen LogP contribution in [0.2, 0.25) is 0 Å². The minimum atomic E-state index is -0.753. The maximum Gasteiger partial charge on any atom is 0.227 e. The molecule has 0 saturated carbocycles. The molecular weight excluding hydrogens is 312 g/mol. The minimum absolute atomic E-state index is 0.0469. The Hall–Kier alpha value is -0.810. The molecule has 0 radical (unpaired) electrons. The second kappa shape index (κ2) is 4.82. The number of rotatable bonds is 2. The van der Waals surface area contributed by atoms with Gasteiger partial charge in [-0.05, 0) is 18.1 Å². The largest absolute Gasteiger partial charge is 0.503 e. The summed E-state index contributed by atoms with van der Waals surface area (Å²) in [5.74, 6) is -0.984. The summed E-state index contributed by atoms with van der Waals surface area (Å²) in [7, 11) is 0. The molecule has 2 rings (SSSR count). The summed E-state index contributed by atoms with van der Waals surface area (Å²) in [6, 6.07) is 2.67. The van der Waals surface area contributed by atoms with Crippen LogP contribution in [0.4, 0.5) is 10.1 Å². The van der Waals surface area contributed by atoms with Crippen molar-refractivity contribution in [1.29, 1.82) is 0 Å². The van der Waals surface area contributed by atoms with Crippen molar-refractivity contribution in [1.82, 2.24) is 0 Å². The van der Waals surface area contributed by atoms with Crippen molar-refractivity contribution < 1.29 is 14.3 Å². The lowest BCUT2D eigenvalue weighted by Crippen LogP contribution is -2.25. The minimum Gasteiger partial charge on any atom is -0.503 e. The molecule has 0 aliphatic carbocycles. The predicted octanol–water partition coefficient (Wildman–Crippen LogP) is 2.89. The summed E-state index contributed by atoms with van der Waals surface area (Å²) in [6.07, 6.45) is 0.330. The Kier molecular flexibility index (Phi) is 3.58. The van der Waals surface area contributed by atoms with E-state index < -0.39 is 11.6 Å². The van der Waals surface area contributed by atoms with Crippen LogP contribution in [0.3, 0.4) is 0 Å². The molecule has 1 N–H and O–H groups in total. The Bertz CT molecular complexity index is 469. The van der Waals surface area contributed by atoms with Crippen LogP contribution in [0.15, 0.2) is 16.6 Å². The van der Waals surface area contributed by atoms with Crippen LogP contribution in [-0.2, 0) is 4.79 Å². The van der Waals surface area contributed by atoms with Gasteiger partial charge in [-0.25, -0.2) is 4.39 Å². The molecular formula is C11H10BrClFNO2. The van der Waals surface area contributed by atoms with Gasteiger partial charge in [-0.1, -0.05) is 15.9 Å². The fourth-order valence-electron chi connectivity index (χ4n) is 1.88. The van der Waals surface area contributed by atoms with Gasteiger partial charge >= 0.3 is 0 Å². The topological polar surface area (TPSA) is 40.5 Å². The molecule has 1 heterocycles. The molecule has 1 saturated heterocycles. The second-order valence-corrected chi connectivity index (χ2v) is 5.21. The van der Waals surface area contributed by atoms with Crippen molar-refractivity contribution in [2.45, 2.75) is 6.42 Å². The Morgan fingerprint density at radius 2 is 2.29 bits per heavy atom. The Morgan fingerprint density at radius 3 is 2.88 bits per heavy atom. The third-order valence-electron chi connectivity index (χ3n) is 2.72. The first-order chi connectivity index (χ1) is 8.02. The van der Waals surface area contributed by atoms with Gasteiger partial charge in [0.2, 0.25) is 5.91 Å². The Morgan fingerprint density at radius 1 is 1.59 bits per heavy atom. The normalized spacial score (nSPS) is 20.1. The smallest absolute Gasteiger partial charge is 0.227 e. The number of phenols is 1. The number of carbonyl (C=O) groups is 1. The average molecular weight is 323 g/mol. The molecule has 1 unspecified atom stereocenters. The van der Waals surface area contributed by atoms with E-state index in [1.165, 1.54) is 11.0 Å². The number of hydrogen-bond donors (Lipinski definition) is 1. The van der Waals surface area contributed by atoms with E-state index in [0.717, 1.165) is 6.07 Å². The molecule has 17 heavy (non-hydrogen) atoms. The summed E-state index contributed by atoms with van der Waals surface area (Å²) in [5.41, 5.74) is 0.189. The van der Waals surface area contributed by atoms with Gasteiger partial charge < -0.3 is 10.0 Å². The van der Waals surface area contributed by atoms with Crippen molar-refractivity contribution in [2.75, 3.05) is 17.3 Å². The van der Waals surface area contributed by atoms with Gasteiger partial charge in [-0.3, -0.25) is 4.79 Å². The molecule has 92 valence electrons. The van der Waals surface area contributed by atoms with E-state index in [-0.39, 0.29) is 17.5 Å². The van der Waals surface area contributed by atoms with Crippen molar-refractivity contribution >= 4 is 39.1 Å². The van der Waals surface area contributed by atoms with E-state index in [1.807, 2.05) is 0 Å². The highest BCUT2D eigenvalue weighted by atomic mass is 79.9. The molecule has 1 aromatic carbocycles. The van der Waals surface area contributed by atoms with Gasteiger partial charge in [0, 0.05) is 23.3 Å². The molecule has 0 spiro atoms. The lowest BCUT2D eigenvalue weighted by molar-refractivity contribution is -0.117. The molecule has 1 aliphatic rings. The van der Waals surface area contributed by atoms with Crippen LogP contribution < -0.4 is 4.90 Å². The molecule has 1 fully saturated rings. The summed E-state index contributed by atoms with van der Waals surface area (Å²) in [4.78, 5) is 13.1. The first-order valence-corrected chi connectivity index (χ1v) is 6.40. The van der Waals surface area contributed by atoms with Crippen LogP contribution in [0.25, 0.3) is 0 Å². The number of benzene rings is 1. The molecule has 0 aromatic heterocycles. The fraction of sp³-hybridized carbons (Fsp3) is 0.364. The number of halogens is 3. The number of carbonyl (C=O) groups excluding carboxylic acids is 1. The van der Waals surface area contributed by atoms with Gasteiger partial charge in [0.15, 0.2) is 11.6 Å². The van der Waals surface area contributed by atoms with Gasteiger partial charge in [-0.15, -0.1) is 11.6 Å². The second-order valence-electron chi connectivity index (χ2n) is 3.98. The summed E-state index contributed by atoms with van der Waals surface area (Å²) in [5, 5.41) is 9.64. The van der Waals surface area contributed by atoms with Crippen molar-refractivity contribution in [2.24, 2.45) is 5.92 Å². The molecule has 6 heteroatoms. The first-order valence-electron chi connectivity index (χ1n) is 5.07. The van der Waals surface area contributed by atoms with E-state index in [2.05, 4.69) is 15.9 Å². The summed E-state index contributed by atoms with van der Waals surface area (Å²) >= 11 is 8.83. The van der Waals surface area contributed by atoms with Crippen molar-refractivity contribution in [3.63, 3.8) is 0 Å². The lowest BCUT2D eigenvalue weighted by atomic mass is 10.1. The Labute approximate surface area is 111 Å². The third kappa shape index (κ3) is 2.40. The third-order valence-corrected chi connectivity index (χ3v) is 3.62. The van der Waals surface area contributed by atoms with E-state index >= 15 is 0 Å². The molecule has 1 amide bonds. The van der Waals surface area contributed by atoms with Gasteiger partial charge in [0.1, 0.15) is 0 Å². The highest BCUT2D eigenvalue weighted by Gasteiger charge is 2.32. The van der Waals surface area contributed by atoms with Crippen LogP contribution in [0, 0.1) is 11.7 Å². The number of phenolic OH excluding ortho intramolecular Hbond substituents is 1. The molecule has 1 atom stereocenters. The SMILES string of the molecule is O=C1CC(CCl)CN1c1cc(Br)cc(F)c1O. The average Bonchev–Trinajstić information content (AvgIpc) is 2.65.